The number of carbonyl (C=O) groups is 1. The number of para-hydroxylation sites is 1. The number of nitro groups is 1. The Hall–Kier alpha value is -2.74. The molecule has 0 aliphatic carbocycles. The highest BCUT2D eigenvalue weighted by atomic mass is 35.5. The van der Waals surface area contributed by atoms with Crippen molar-refractivity contribution in [1.82, 2.24) is 4.98 Å². The van der Waals surface area contributed by atoms with Crippen molar-refractivity contribution in [2.75, 3.05) is 0 Å². The van der Waals surface area contributed by atoms with E-state index >= 15 is 0 Å². The second kappa shape index (κ2) is 5.71. The van der Waals surface area contributed by atoms with Crippen molar-refractivity contribution in [1.29, 1.82) is 0 Å². The Kier molecular flexibility index (Phi) is 3.99. The predicted octanol–water partition coefficient (Wildman–Crippen LogP) is 3.27. The van der Waals surface area contributed by atoms with Crippen molar-refractivity contribution in [2.24, 2.45) is 0 Å². The summed E-state index contributed by atoms with van der Waals surface area (Å²) >= 11 is 5.62. The van der Waals surface area contributed by atoms with Gasteiger partial charge >= 0.3 is 11.7 Å². The molecule has 1 aromatic heterocycles. The lowest BCUT2D eigenvalue weighted by Crippen LogP contribution is -2.01. The van der Waals surface area contributed by atoms with Gasteiger partial charge in [-0.2, -0.15) is 0 Å². The summed E-state index contributed by atoms with van der Waals surface area (Å²) in [5, 5.41) is 19.5. The van der Waals surface area contributed by atoms with Crippen LogP contribution in [0.4, 0.5) is 10.1 Å². The standard InChI is InChI=1S/C12H6ClFN2O5/c13-9-4-6(12(17)18)5-10(15-9)21-11-7(14)2-1-3-8(11)16(19)20/h1-5H,(H,17,18). The molecular weight excluding hydrogens is 307 g/mol. The van der Waals surface area contributed by atoms with E-state index in [-0.39, 0.29) is 16.6 Å². The minimum atomic E-state index is -1.30. The van der Waals surface area contributed by atoms with Crippen LogP contribution in [-0.2, 0) is 0 Å². The van der Waals surface area contributed by atoms with Gasteiger partial charge in [0.2, 0.25) is 11.6 Å². The zero-order valence-corrected chi connectivity index (χ0v) is 10.9. The van der Waals surface area contributed by atoms with Crippen molar-refractivity contribution in [3.05, 3.63) is 57.0 Å². The molecule has 0 radical (unpaired) electrons. The number of ether oxygens (including phenoxy) is 1. The third-order valence-corrected chi connectivity index (χ3v) is 2.56. The van der Waals surface area contributed by atoms with Crippen LogP contribution in [0.3, 0.4) is 0 Å². The van der Waals surface area contributed by atoms with Crippen LogP contribution >= 0.6 is 11.6 Å². The van der Waals surface area contributed by atoms with Crippen molar-refractivity contribution in [2.45, 2.75) is 0 Å². The fourth-order valence-corrected chi connectivity index (χ4v) is 1.70. The molecule has 7 nitrogen and oxygen atoms in total. The molecule has 0 atom stereocenters. The summed E-state index contributed by atoms with van der Waals surface area (Å²) in [7, 11) is 0. The molecule has 0 saturated heterocycles. The summed E-state index contributed by atoms with van der Waals surface area (Å²) in [6.45, 7) is 0. The second-order valence-corrected chi connectivity index (χ2v) is 4.16. The summed E-state index contributed by atoms with van der Waals surface area (Å²) in [4.78, 5) is 24.5. The maximum atomic E-state index is 13.6. The van der Waals surface area contributed by atoms with Crippen molar-refractivity contribution in [3.63, 3.8) is 0 Å². The van der Waals surface area contributed by atoms with E-state index in [1.807, 2.05) is 0 Å². The predicted molar refractivity (Wildman–Crippen MR) is 69.3 cm³/mol. The average Bonchev–Trinajstić information content (AvgIpc) is 2.40. The number of hydrogen-bond donors (Lipinski definition) is 1. The molecule has 2 rings (SSSR count). The fraction of sp³-hybridized carbons (Fsp3) is 0. The van der Waals surface area contributed by atoms with Gasteiger partial charge in [0, 0.05) is 12.1 Å². The van der Waals surface area contributed by atoms with Crippen molar-refractivity contribution < 1.29 is 24.0 Å². The highest BCUT2D eigenvalue weighted by Crippen LogP contribution is 2.33. The van der Waals surface area contributed by atoms with E-state index in [1.165, 1.54) is 0 Å². The minimum absolute atomic E-state index is 0.205. The number of benzene rings is 1. The van der Waals surface area contributed by atoms with Crippen LogP contribution in [0.5, 0.6) is 11.6 Å². The van der Waals surface area contributed by atoms with Gasteiger partial charge in [-0.25, -0.2) is 14.2 Å². The quantitative estimate of drug-likeness (QED) is 0.528. The van der Waals surface area contributed by atoms with Gasteiger partial charge < -0.3 is 9.84 Å². The normalized spacial score (nSPS) is 10.2. The summed E-state index contributed by atoms with van der Waals surface area (Å²) in [6.07, 6.45) is 0. The third kappa shape index (κ3) is 3.23. The summed E-state index contributed by atoms with van der Waals surface area (Å²) in [5.74, 6) is -3.32. The molecule has 108 valence electrons. The van der Waals surface area contributed by atoms with E-state index < -0.39 is 28.1 Å². The minimum Gasteiger partial charge on any atom is -0.478 e. The van der Waals surface area contributed by atoms with Gasteiger partial charge in [-0.05, 0) is 12.1 Å². The smallest absolute Gasteiger partial charge is 0.335 e. The molecule has 9 heteroatoms. The Morgan fingerprint density at radius 1 is 1.43 bits per heavy atom. The molecule has 0 aliphatic rings. The topological polar surface area (TPSA) is 103 Å². The first-order valence-electron chi connectivity index (χ1n) is 5.40. The van der Waals surface area contributed by atoms with Gasteiger partial charge in [0.05, 0.1) is 10.5 Å². The molecule has 0 fully saturated rings. The molecule has 1 heterocycles. The Labute approximate surface area is 121 Å². The Bertz CT molecular complexity index is 738. The van der Waals surface area contributed by atoms with Gasteiger partial charge in [-0.15, -0.1) is 0 Å². The Morgan fingerprint density at radius 3 is 2.76 bits per heavy atom. The SMILES string of the molecule is O=C(O)c1cc(Cl)nc(Oc2c(F)cccc2[N+](=O)[O-])c1. The molecule has 0 saturated carbocycles. The highest BCUT2D eigenvalue weighted by Gasteiger charge is 2.21. The number of hydrogen-bond acceptors (Lipinski definition) is 5. The van der Waals surface area contributed by atoms with Crippen LogP contribution in [0.15, 0.2) is 30.3 Å². The zero-order chi connectivity index (χ0) is 15.6. The maximum absolute atomic E-state index is 13.6. The van der Waals surface area contributed by atoms with E-state index in [1.54, 1.807) is 0 Å². The molecule has 1 N–H and O–H groups in total. The van der Waals surface area contributed by atoms with E-state index in [0.717, 1.165) is 30.3 Å². The maximum Gasteiger partial charge on any atom is 0.335 e. The van der Waals surface area contributed by atoms with Gasteiger partial charge in [0.15, 0.2) is 5.82 Å². The number of nitrogens with zero attached hydrogens (tertiary/aromatic N) is 2. The van der Waals surface area contributed by atoms with Gasteiger partial charge in [-0.3, -0.25) is 10.1 Å². The first-order chi connectivity index (χ1) is 9.88. The molecule has 1 aromatic carbocycles. The van der Waals surface area contributed by atoms with Crippen LogP contribution in [-0.4, -0.2) is 21.0 Å². The summed E-state index contributed by atoms with van der Waals surface area (Å²) < 4.78 is 18.6. The number of halogens is 2. The molecule has 0 aliphatic heterocycles. The lowest BCUT2D eigenvalue weighted by molar-refractivity contribution is -0.385. The molecule has 2 aromatic rings. The first-order valence-corrected chi connectivity index (χ1v) is 5.78. The number of aromatic carboxylic acids is 1. The number of rotatable bonds is 4. The monoisotopic (exact) mass is 312 g/mol. The molecule has 21 heavy (non-hydrogen) atoms. The number of carboxylic acid groups (broad SMARTS) is 1. The van der Waals surface area contributed by atoms with Crippen molar-refractivity contribution in [3.8, 4) is 11.6 Å². The van der Waals surface area contributed by atoms with Crippen LogP contribution < -0.4 is 4.74 Å². The van der Waals surface area contributed by atoms with E-state index in [2.05, 4.69) is 4.98 Å². The van der Waals surface area contributed by atoms with Crippen LogP contribution in [0, 0.1) is 15.9 Å². The lowest BCUT2D eigenvalue weighted by atomic mass is 10.2. The zero-order valence-electron chi connectivity index (χ0n) is 10.1. The Balaban J connectivity index is 2.48. The van der Waals surface area contributed by atoms with Crippen LogP contribution in [0.2, 0.25) is 5.15 Å². The van der Waals surface area contributed by atoms with Crippen LogP contribution in [0.25, 0.3) is 0 Å². The van der Waals surface area contributed by atoms with Crippen molar-refractivity contribution >= 4 is 23.3 Å². The lowest BCUT2D eigenvalue weighted by Gasteiger charge is -2.07. The third-order valence-electron chi connectivity index (χ3n) is 2.37. The largest absolute Gasteiger partial charge is 0.478 e. The molecule has 0 unspecified atom stereocenters. The average molecular weight is 313 g/mol. The number of carboxylic acids is 1. The number of pyridine rings is 1. The highest BCUT2D eigenvalue weighted by molar-refractivity contribution is 6.29. The van der Waals surface area contributed by atoms with E-state index in [9.17, 15) is 19.3 Å². The van der Waals surface area contributed by atoms with Gasteiger partial charge in [-0.1, -0.05) is 17.7 Å². The number of aromatic nitrogens is 1. The molecule has 0 spiro atoms. The first kappa shape index (κ1) is 14.7. The molecular formula is C12H6ClFN2O5. The van der Waals surface area contributed by atoms with Gasteiger partial charge in [0.1, 0.15) is 5.15 Å². The number of nitro benzene ring substituents is 1. The van der Waals surface area contributed by atoms with E-state index in [4.69, 9.17) is 21.4 Å². The van der Waals surface area contributed by atoms with Gasteiger partial charge in [0.25, 0.3) is 0 Å². The molecule has 0 bridgehead atoms. The Morgan fingerprint density at radius 2 is 2.14 bits per heavy atom. The summed E-state index contributed by atoms with van der Waals surface area (Å²) in [6, 6.07) is 5.19. The second-order valence-electron chi connectivity index (χ2n) is 3.77. The van der Waals surface area contributed by atoms with Crippen LogP contribution in [0.1, 0.15) is 10.4 Å². The fourth-order valence-electron chi connectivity index (χ4n) is 1.50. The summed E-state index contributed by atoms with van der Waals surface area (Å²) in [5.41, 5.74) is -0.863. The molecule has 0 amide bonds. The van der Waals surface area contributed by atoms with E-state index in [0.29, 0.717) is 0 Å².